The SMILES string of the molecule is Cc1cc(C(=O)N2CCC3NC(=O)CCC3C2)ccc1O. The Labute approximate surface area is 123 Å². The molecular formula is C16H20N2O3. The van der Waals surface area contributed by atoms with Crippen molar-refractivity contribution in [1.82, 2.24) is 10.2 Å². The lowest BCUT2D eigenvalue weighted by molar-refractivity contribution is -0.125. The summed E-state index contributed by atoms with van der Waals surface area (Å²) < 4.78 is 0. The average Bonchev–Trinajstić information content (AvgIpc) is 2.49. The molecule has 1 aromatic carbocycles. The third kappa shape index (κ3) is 2.73. The maximum absolute atomic E-state index is 12.6. The van der Waals surface area contributed by atoms with E-state index in [0.717, 1.165) is 12.8 Å². The molecular weight excluding hydrogens is 268 g/mol. The lowest BCUT2D eigenvalue weighted by Crippen LogP contribution is -2.55. The Bertz CT molecular complexity index is 585. The van der Waals surface area contributed by atoms with Gasteiger partial charge in [-0.25, -0.2) is 0 Å². The zero-order valence-electron chi connectivity index (χ0n) is 12.1. The molecule has 1 aromatic rings. The van der Waals surface area contributed by atoms with Gasteiger partial charge in [0.25, 0.3) is 5.91 Å². The number of carbonyl (C=O) groups is 2. The number of phenolic OH excluding ortho intramolecular Hbond substituents is 1. The minimum Gasteiger partial charge on any atom is -0.508 e. The van der Waals surface area contributed by atoms with Crippen molar-refractivity contribution in [3.63, 3.8) is 0 Å². The highest BCUT2D eigenvalue weighted by Crippen LogP contribution is 2.27. The standard InChI is InChI=1S/C16H20N2O3/c1-10-8-11(2-4-14(10)19)16(21)18-7-6-13-12(9-18)3-5-15(20)17-13/h2,4,8,12-13,19H,3,5-7,9H2,1H3,(H,17,20). The monoisotopic (exact) mass is 288 g/mol. The summed E-state index contributed by atoms with van der Waals surface area (Å²) in [4.78, 5) is 25.8. The number of likely N-dealkylation sites (tertiary alicyclic amines) is 1. The Kier molecular flexibility index (Phi) is 3.57. The molecule has 0 radical (unpaired) electrons. The van der Waals surface area contributed by atoms with E-state index in [2.05, 4.69) is 5.32 Å². The minimum absolute atomic E-state index is 0.00782. The van der Waals surface area contributed by atoms with Crippen LogP contribution in [0.4, 0.5) is 0 Å². The predicted molar refractivity (Wildman–Crippen MR) is 78.0 cm³/mol. The van der Waals surface area contributed by atoms with Crippen LogP contribution < -0.4 is 5.32 Å². The second-order valence-corrected chi connectivity index (χ2v) is 6.01. The number of aromatic hydroxyl groups is 1. The first-order valence-corrected chi connectivity index (χ1v) is 7.43. The Morgan fingerprint density at radius 3 is 2.95 bits per heavy atom. The van der Waals surface area contributed by atoms with E-state index in [4.69, 9.17) is 0 Å². The van der Waals surface area contributed by atoms with E-state index < -0.39 is 0 Å². The van der Waals surface area contributed by atoms with E-state index >= 15 is 0 Å². The number of phenols is 1. The van der Waals surface area contributed by atoms with Crippen LogP contribution >= 0.6 is 0 Å². The molecule has 0 bridgehead atoms. The van der Waals surface area contributed by atoms with Gasteiger partial charge in [0, 0.05) is 31.1 Å². The van der Waals surface area contributed by atoms with Gasteiger partial charge in [-0.05, 0) is 49.4 Å². The van der Waals surface area contributed by atoms with Crippen LogP contribution in [0, 0.1) is 12.8 Å². The summed E-state index contributed by atoms with van der Waals surface area (Å²) in [6, 6.07) is 5.18. The van der Waals surface area contributed by atoms with Crippen LogP contribution in [0.15, 0.2) is 18.2 Å². The number of amides is 2. The van der Waals surface area contributed by atoms with E-state index in [1.807, 2.05) is 4.90 Å². The van der Waals surface area contributed by atoms with Gasteiger partial charge >= 0.3 is 0 Å². The summed E-state index contributed by atoms with van der Waals surface area (Å²) in [6.07, 6.45) is 2.23. The second-order valence-electron chi connectivity index (χ2n) is 6.01. The number of fused-ring (bicyclic) bond motifs is 1. The summed E-state index contributed by atoms with van der Waals surface area (Å²) >= 11 is 0. The van der Waals surface area contributed by atoms with E-state index in [-0.39, 0.29) is 23.6 Å². The first-order chi connectivity index (χ1) is 10.0. The van der Waals surface area contributed by atoms with Crippen LogP contribution in [-0.4, -0.2) is 41.0 Å². The maximum atomic E-state index is 12.6. The van der Waals surface area contributed by atoms with Crippen molar-refractivity contribution in [2.24, 2.45) is 5.92 Å². The highest BCUT2D eigenvalue weighted by atomic mass is 16.3. The fraction of sp³-hybridized carbons (Fsp3) is 0.500. The Hall–Kier alpha value is -2.04. The molecule has 21 heavy (non-hydrogen) atoms. The number of nitrogens with one attached hydrogen (secondary N) is 1. The number of carbonyl (C=O) groups excluding carboxylic acids is 2. The van der Waals surface area contributed by atoms with Gasteiger partial charge in [-0.15, -0.1) is 0 Å². The van der Waals surface area contributed by atoms with E-state index in [9.17, 15) is 14.7 Å². The molecule has 112 valence electrons. The molecule has 0 aromatic heterocycles. The number of benzene rings is 1. The summed E-state index contributed by atoms with van der Waals surface area (Å²) in [6.45, 7) is 3.15. The maximum Gasteiger partial charge on any atom is 0.253 e. The summed E-state index contributed by atoms with van der Waals surface area (Å²) in [5, 5.41) is 12.6. The molecule has 0 spiro atoms. The topological polar surface area (TPSA) is 69.6 Å². The number of nitrogens with zero attached hydrogens (tertiary/aromatic N) is 1. The number of piperidine rings is 2. The first-order valence-electron chi connectivity index (χ1n) is 7.43. The highest BCUT2D eigenvalue weighted by molar-refractivity contribution is 5.94. The van der Waals surface area contributed by atoms with Gasteiger partial charge in [0.1, 0.15) is 5.75 Å². The molecule has 2 aliphatic rings. The molecule has 2 fully saturated rings. The lowest BCUT2D eigenvalue weighted by Gasteiger charge is -2.41. The van der Waals surface area contributed by atoms with E-state index in [1.54, 1.807) is 25.1 Å². The molecule has 2 atom stereocenters. The normalized spacial score (nSPS) is 25.2. The number of hydrogen-bond acceptors (Lipinski definition) is 3. The molecule has 5 nitrogen and oxygen atoms in total. The van der Waals surface area contributed by atoms with Gasteiger partial charge in [-0.1, -0.05) is 0 Å². The summed E-state index contributed by atoms with van der Waals surface area (Å²) in [5.41, 5.74) is 1.32. The summed E-state index contributed by atoms with van der Waals surface area (Å²) in [5.74, 6) is 0.706. The zero-order chi connectivity index (χ0) is 15.0. The molecule has 2 N–H and O–H groups in total. The lowest BCUT2D eigenvalue weighted by atomic mass is 9.85. The molecule has 2 aliphatic heterocycles. The number of hydrogen-bond donors (Lipinski definition) is 2. The minimum atomic E-state index is 0.00782. The summed E-state index contributed by atoms with van der Waals surface area (Å²) in [7, 11) is 0. The smallest absolute Gasteiger partial charge is 0.253 e. The highest BCUT2D eigenvalue weighted by Gasteiger charge is 2.35. The van der Waals surface area contributed by atoms with Gasteiger partial charge in [0.15, 0.2) is 0 Å². The van der Waals surface area contributed by atoms with Crippen molar-refractivity contribution in [2.45, 2.75) is 32.2 Å². The van der Waals surface area contributed by atoms with Gasteiger partial charge in [-0.2, -0.15) is 0 Å². The molecule has 2 unspecified atom stereocenters. The Balaban J connectivity index is 1.71. The molecule has 2 saturated heterocycles. The van der Waals surface area contributed by atoms with Crippen LogP contribution in [0.25, 0.3) is 0 Å². The van der Waals surface area contributed by atoms with Gasteiger partial charge < -0.3 is 15.3 Å². The Morgan fingerprint density at radius 2 is 2.19 bits per heavy atom. The zero-order valence-corrected chi connectivity index (χ0v) is 12.1. The fourth-order valence-corrected chi connectivity index (χ4v) is 3.27. The van der Waals surface area contributed by atoms with Crippen molar-refractivity contribution >= 4 is 11.8 Å². The quantitative estimate of drug-likeness (QED) is 0.821. The molecule has 3 rings (SSSR count). The van der Waals surface area contributed by atoms with Crippen LogP contribution in [0.2, 0.25) is 0 Å². The van der Waals surface area contributed by atoms with E-state index in [0.29, 0.717) is 36.6 Å². The third-order valence-corrected chi connectivity index (χ3v) is 4.55. The molecule has 0 aliphatic carbocycles. The number of aryl methyl sites for hydroxylation is 1. The largest absolute Gasteiger partial charge is 0.508 e. The fourth-order valence-electron chi connectivity index (χ4n) is 3.27. The molecule has 5 heteroatoms. The van der Waals surface area contributed by atoms with Gasteiger partial charge in [0.2, 0.25) is 5.91 Å². The van der Waals surface area contributed by atoms with Crippen LogP contribution in [0.3, 0.4) is 0 Å². The van der Waals surface area contributed by atoms with Crippen molar-refractivity contribution < 1.29 is 14.7 Å². The molecule has 2 amide bonds. The average molecular weight is 288 g/mol. The van der Waals surface area contributed by atoms with Crippen LogP contribution in [0.5, 0.6) is 5.75 Å². The van der Waals surface area contributed by atoms with Crippen molar-refractivity contribution in [1.29, 1.82) is 0 Å². The molecule has 0 saturated carbocycles. The van der Waals surface area contributed by atoms with Crippen molar-refractivity contribution in [3.8, 4) is 5.75 Å². The van der Waals surface area contributed by atoms with E-state index in [1.165, 1.54) is 0 Å². The third-order valence-electron chi connectivity index (χ3n) is 4.55. The van der Waals surface area contributed by atoms with Crippen LogP contribution in [-0.2, 0) is 4.79 Å². The Morgan fingerprint density at radius 1 is 1.38 bits per heavy atom. The second kappa shape index (κ2) is 5.39. The molecule has 2 heterocycles. The van der Waals surface area contributed by atoms with Gasteiger partial charge in [0.05, 0.1) is 0 Å². The number of rotatable bonds is 1. The first kappa shape index (κ1) is 13.9. The van der Waals surface area contributed by atoms with Crippen molar-refractivity contribution in [3.05, 3.63) is 29.3 Å². The van der Waals surface area contributed by atoms with Gasteiger partial charge in [-0.3, -0.25) is 9.59 Å². The van der Waals surface area contributed by atoms with Crippen molar-refractivity contribution in [2.75, 3.05) is 13.1 Å². The van der Waals surface area contributed by atoms with Crippen LogP contribution in [0.1, 0.15) is 35.2 Å². The predicted octanol–water partition coefficient (Wildman–Crippen LogP) is 1.44.